The van der Waals surface area contributed by atoms with Crippen molar-refractivity contribution in [2.24, 2.45) is 7.05 Å². The van der Waals surface area contributed by atoms with Gasteiger partial charge in [0.2, 0.25) is 5.91 Å². The molecule has 4 rings (SSSR count). The molecular formula is C25H33N5O. The monoisotopic (exact) mass is 419 g/mol. The summed E-state index contributed by atoms with van der Waals surface area (Å²) in [6.45, 7) is 7.39. The van der Waals surface area contributed by atoms with Crippen molar-refractivity contribution >= 4 is 28.3 Å². The Kier molecular flexibility index (Phi) is 6.87. The van der Waals surface area contributed by atoms with Gasteiger partial charge in [0.25, 0.3) is 0 Å². The molecule has 1 saturated heterocycles. The van der Waals surface area contributed by atoms with Gasteiger partial charge in [0.05, 0.1) is 11.0 Å². The zero-order chi connectivity index (χ0) is 21.6. The molecule has 1 amide bonds. The molecule has 6 heteroatoms. The van der Waals surface area contributed by atoms with Crippen LogP contribution in [0.15, 0.2) is 48.5 Å². The summed E-state index contributed by atoms with van der Waals surface area (Å²) >= 11 is 0. The first kappa shape index (κ1) is 21.4. The van der Waals surface area contributed by atoms with E-state index >= 15 is 0 Å². The van der Waals surface area contributed by atoms with Gasteiger partial charge in [-0.15, -0.1) is 0 Å². The van der Waals surface area contributed by atoms with Gasteiger partial charge in [-0.2, -0.15) is 0 Å². The SMILES string of the molecule is CCCCC(=O)Nc1ccc2c(c1)nc(CCN1CCN(c3ccccc3)CC1)n2C. The number of nitrogens with zero attached hydrogens (tertiary/aromatic N) is 4. The van der Waals surface area contributed by atoms with Crippen molar-refractivity contribution in [3.05, 3.63) is 54.4 Å². The van der Waals surface area contributed by atoms with Crippen molar-refractivity contribution in [3.63, 3.8) is 0 Å². The zero-order valence-electron chi connectivity index (χ0n) is 18.7. The number of fused-ring (bicyclic) bond motifs is 1. The molecule has 0 spiro atoms. The average molecular weight is 420 g/mol. The van der Waals surface area contributed by atoms with Crippen LogP contribution in [0.5, 0.6) is 0 Å². The molecule has 6 nitrogen and oxygen atoms in total. The molecule has 0 bridgehead atoms. The summed E-state index contributed by atoms with van der Waals surface area (Å²) in [5.41, 5.74) is 4.19. The fourth-order valence-electron chi connectivity index (χ4n) is 4.24. The van der Waals surface area contributed by atoms with E-state index in [0.717, 1.165) is 74.5 Å². The highest BCUT2D eigenvalue weighted by Gasteiger charge is 2.18. The quantitative estimate of drug-likeness (QED) is 0.598. The highest BCUT2D eigenvalue weighted by molar-refractivity contribution is 5.93. The minimum Gasteiger partial charge on any atom is -0.369 e. The Balaban J connectivity index is 1.33. The number of imidazole rings is 1. The van der Waals surface area contributed by atoms with Crippen molar-refractivity contribution in [1.29, 1.82) is 0 Å². The standard InChI is InChI=1S/C25H33N5O/c1-3-4-10-25(31)26-20-11-12-23-22(19-20)27-24(28(23)2)13-14-29-15-17-30(18-16-29)21-8-6-5-7-9-21/h5-9,11-12,19H,3-4,10,13-18H2,1-2H3,(H,26,31). The number of benzene rings is 2. The summed E-state index contributed by atoms with van der Waals surface area (Å²) in [5, 5.41) is 3.00. The van der Waals surface area contributed by atoms with Gasteiger partial charge < -0.3 is 14.8 Å². The van der Waals surface area contributed by atoms with E-state index in [2.05, 4.69) is 70.1 Å². The van der Waals surface area contributed by atoms with Crippen molar-refractivity contribution in [2.75, 3.05) is 42.9 Å². The Hall–Kier alpha value is -2.86. The lowest BCUT2D eigenvalue weighted by Gasteiger charge is -2.36. The molecule has 0 atom stereocenters. The maximum atomic E-state index is 12.0. The molecule has 2 heterocycles. The van der Waals surface area contributed by atoms with Crippen molar-refractivity contribution in [1.82, 2.24) is 14.5 Å². The lowest BCUT2D eigenvalue weighted by atomic mass is 10.2. The van der Waals surface area contributed by atoms with Crippen LogP contribution in [-0.4, -0.2) is 53.1 Å². The van der Waals surface area contributed by atoms with Crippen LogP contribution in [0.2, 0.25) is 0 Å². The predicted molar refractivity (Wildman–Crippen MR) is 128 cm³/mol. The highest BCUT2D eigenvalue weighted by atomic mass is 16.1. The Bertz CT molecular complexity index is 1010. The van der Waals surface area contributed by atoms with E-state index in [-0.39, 0.29) is 5.91 Å². The fourth-order valence-corrected chi connectivity index (χ4v) is 4.24. The van der Waals surface area contributed by atoms with E-state index in [0.29, 0.717) is 6.42 Å². The Labute approximate surface area is 184 Å². The van der Waals surface area contributed by atoms with Gasteiger partial charge in [0, 0.05) is 64.0 Å². The maximum Gasteiger partial charge on any atom is 0.224 e. The van der Waals surface area contributed by atoms with E-state index in [4.69, 9.17) is 4.98 Å². The van der Waals surface area contributed by atoms with Crippen LogP contribution in [0.3, 0.4) is 0 Å². The molecule has 2 aromatic carbocycles. The van der Waals surface area contributed by atoms with Crippen molar-refractivity contribution in [3.8, 4) is 0 Å². The average Bonchev–Trinajstić information content (AvgIpc) is 3.12. The number of aromatic nitrogens is 2. The van der Waals surface area contributed by atoms with Crippen LogP contribution < -0.4 is 10.2 Å². The first-order valence-corrected chi connectivity index (χ1v) is 11.4. The Morgan fingerprint density at radius 1 is 1.06 bits per heavy atom. The van der Waals surface area contributed by atoms with Gasteiger partial charge >= 0.3 is 0 Å². The van der Waals surface area contributed by atoms with Crippen molar-refractivity contribution in [2.45, 2.75) is 32.6 Å². The van der Waals surface area contributed by atoms with Crippen LogP contribution in [0.4, 0.5) is 11.4 Å². The second-order valence-electron chi connectivity index (χ2n) is 8.36. The first-order chi connectivity index (χ1) is 15.1. The minimum absolute atomic E-state index is 0.0759. The number of unbranched alkanes of at least 4 members (excludes halogenated alkanes) is 1. The number of anilines is 2. The van der Waals surface area contributed by atoms with Crippen LogP contribution in [-0.2, 0) is 18.3 Å². The van der Waals surface area contributed by atoms with E-state index in [1.165, 1.54) is 5.69 Å². The number of carbonyl (C=O) groups is 1. The number of aryl methyl sites for hydroxylation is 1. The van der Waals surface area contributed by atoms with Crippen LogP contribution in [0.25, 0.3) is 11.0 Å². The smallest absolute Gasteiger partial charge is 0.224 e. The Morgan fingerprint density at radius 3 is 2.58 bits per heavy atom. The van der Waals surface area contributed by atoms with Gasteiger partial charge in [-0.05, 0) is 36.8 Å². The molecule has 1 aliphatic rings. The summed E-state index contributed by atoms with van der Waals surface area (Å²) in [6, 6.07) is 16.7. The number of carbonyl (C=O) groups excluding carboxylic acids is 1. The highest BCUT2D eigenvalue weighted by Crippen LogP contribution is 2.21. The van der Waals surface area contributed by atoms with Crippen LogP contribution >= 0.6 is 0 Å². The molecule has 1 fully saturated rings. The molecule has 0 aliphatic carbocycles. The molecule has 0 saturated carbocycles. The lowest BCUT2D eigenvalue weighted by molar-refractivity contribution is -0.116. The first-order valence-electron chi connectivity index (χ1n) is 11.4. The third-order valence-corrected chi connectivity index (χ3v) is 6.16. The summed E-state index contributed by atoms with van der Waals surface area (Å²) in [4.78, 5) is 21.9. The van der Waals surface area contributed by atoms with Crippen molar-refractivity contribution < 1.29 is 4.79 Å². The van der Waals surface area contributed by atoms with E-state index in [1.807, 2.05) is 12.1 Å². The topological polar surface area (TPSA) is 53.4 Å². The number of nitrogens with one attached hydrogen (secondary N) is 1. The number of hydrogen-bond donors (Lipinski definition) is 1. The number of para-hydroxylation sites is 1. The van der Waals surface area contributed by atoms with E-state index in [9.17, 15) is 4.79 Å². The summed E-state index contributed by atoms with van der Waals surface area (Å²) < 4.78 is 2.18. The summed E-state index contributed by atoms with van der Waals surface area (Å²) in [5.74, 6) is 1.17. The van der Waals surface area contributed by atoms with Gasteiger partial charge in [-0.1, -0.05) is 31.5 Å². The molecule has 164 valence electrons. The van der Waals surface area contributed by atoms with E-state index in [1.54, 1.807) is 0 Å². The molecular weight excluding hydrogens is 386 g/mol. The number of piperazine rings is 1. The van der Waals surface area contributed by atoms with Gasteiger partial charge in [0.1, 0.15) is 5.82 Å². The summed E-state index contributed by atoms with van der Waals surface area (Å²) in [7, 11) is 2.08. The summed E-state index contributed by atoms with van der Waals surface area (Å²) in [6.07, 6.45) is 3.44. The second kappa shape index (κ2) is 9.96. The molecule has 1 aromatic heterocycles. The van der Waals surface area contributed by atoms with Gasteiger partial charge in [-0.25, -0.2) is 4.98 Å². The third kappa shape index (κ3) is 5.25. The van der Waals surface area contributed by atoms with Crippen LogP contribution in [0.1, 0.15) is 32.0 Å². The molecule has 0 unspecified atom stereocenters. The third-order valence-electron chi connectivity index (χ3n) is 6.16. The largest absolute Gasteiger partial charge is 0.369 e. The molecule has 1 aliphatic heterocycles. The zero-order valence-corrected chi connectivity index (χ0v) is 18.7. The number of hydrogen-bond acceptors (Lipinski definition) is 4. The predicted octanol–water partition coefficient (Wildman–Crippen LogP) is 4.07. The number of amides is 1. The molecule has 31 heavy (non-hydrogen) atoms. The van der Waals surface area contributed by atoms with Gasteiger partial charge in [-0.3, -0.25) is 9.69 Å². The van der Waals surface area contributed by atoms with E-state index < -0.39 is 0 Å². The molecule has 0 radical (unpaired) electrons. The second-order valence-corrected chi connectivity index (χ2v) is 8.36. The lowest BCUT2D eigenvalue weighted by Crippen LogP contribution is -2.47. The minimum atomic E-state index is 0.0759. The van der Waals surface area contributed by atoms with Crippen LogP contribution in [0, 0.1) is 0 Å². The van der Waals surface area contributed by atoms with Gasteiger partial charge in [0.15, 0.2) is 0 Å². The molecule has 3 aromatic rings. The molecule has 1 N–H and O–H groups in total. The Morgan fingerprint density at radius 2 is 1.84 bits per heavy atom. The number of rotatable bonds is 8. The fraction of sp³-hybridized carbons (Fsp3) is 0.440. The normalized spacial score (nSPS) is 14.8. The maximum absolute atomic E-state index is 12.0.